The first-order valence-corrected chi connectivity index (χ1v) is 5.99. The van der Waals surface area contributed by atoms with Gasteiger partial charge in [-0.2, -0.15) is 0 Å². The van der Waals surface area contributed by atoms with Gasteiger partial charge >= 0.3 is 0 Å². The second kappa shape index (κ2) is 4.70. The fourth-order valence-electron chi connectivity index (χ4n) is 1.34. The molecule has 1 fully saturated rings. The van der Waals surface area contributed by atoms with Crippen molar-refractivity contribution in [2.75, 3.05) is 18.5 Å². The van der Waals surface area contributed by atoms with E-state index >= 15 is 0 Å². The van der Waals surface area contributed by atoms with Crippen molar-refractivity contribution in [3.8, 4) is 0 Å². The highest BCUT2D eigenvalue weighted by Gasteiger charge is 2.34. The molecule has 0 radical (unpaired) electrons. The van der Waals surface area contributed by atoms with Crippen LogP contribution in [-0.4, -0.2) is 22.3 Å². The molecule has 0 aromatic rings. The maximum Gasteiger partial charge on any atom is 0.191 e. The minimum absolute atomic E-state index is 0.372. The van der Waals surface area contributed by atoms with Crippen molar-refractivity contribution in [3.05, 3.63) is 0 Å². The minimum atomic E-state index is -1.14. The highest BCUT2D eigenvalue weighted by atomic mass is 79.9. The van der Waals surface area contributed by atoms with Crippen LogP contribution in [0, 0.1) is 11.8 Å². The highest BCUT2D eigenvalue weighted by molar-refractivity contribution is 9.09. The molecule has 12 heavy (non-hydrogen) atoms. The molecule has 0 aromatic heterocycles. The first kappa shape index (κ1) is 11.4. The topological polar surface area (TPSA) is 9.23 Å². The molecule has 0 unspecified atom stereocenters. The Kier molecular flexibility index (Phi) is 4.46. The second-order valence-electron chi connectivity index (χ2n) is 3.03. The van der Waals surface area contributed by atoms with Crippen LogP contribution >= 0.6 is 50.7 Å². The van der Waals surface area contributed by atoms with Gasteiger partial charge in [0.15, 0.2) is 3.79 Å². The van der Waals surface area contributed by atoms with E-state index < -0.39 is 3.79 Å². The molecule has 1 aliphatic heterocycles. The van der Waals surface area contributed by atoms with E-state index in [0.29, 0.717) is 24.9 Å². The number of hydrogen-bond donors (Lipinski definition) is 0. The van der Waals surface area contributed by atoms with E-state index in [2.05, 4.69) is 15.9 Å². The normalized spacial score (nSPS) is 31.0. The summed E-state index contributed by atoms with van der Waals surface area (Å²) >= 11 is 20.5. The molecule has 0 amide bonds. The second-order valence-corrected chi connectivity index (χ2v) is 6.19. The molecular weight excluding hydrogens is 286 g/mol. The first-order valence-electron chi connectivity index (χ1n) is 3.73. The zero-order chi connectivity index (χ0) is 9.19. The Balaban J connectivity index is 2.41. The van der Waals surface area contributed by atoms with Gasteiger partial charge in [0.25, 0.3) is 0 Å². The third-order valence-corrected chi connectivity index (χ3v) is 3.32. The predicted octanol–water partition coefficient (Wildman–Crippen LogP) is 3.40. The van der Waals surface area contributed by atoms with E-state index in [1.165, 1.54) is 0 Å². The predicted molar refractivity (Wildman–Crippen MR) is 56.5 cm³/mol. The molecular formula is C7H10BrCl3O. The van der Waals surface area contributed by atoms with Gasteiger partial charge in [0, 0.05) is 11.9 Å². The molecule has 1 nitrogen and oxygen atoms in total. The quantitative estimate of drug-likeness (QED) is 0.710. The molecule has 0 saturated carbocycles. The first-order chi connectivity index (χ1) is 5.53. The van der Waals surface area contributed by atoms with Gasteiger partial charge in [-0.05, 0) is 18.3 Å². The maximum absolute atomic E-state index is 5.70. The molecule has 1 aliphatic rings. The van der Waals surface area contributed by atoms with E-state index in [9.17, 15) is 0 Å². The van der Waals surface area contributed by atoms with Gasteiger partial charge in [0.2, 0.25) is 0 Å². The molecule has 2 atom stereocenters. The Morgan fingerprint density at radius 1 is 1.25 bits per heavy atom. The largest absolute Gasteiger partial charge is 0.381 e. The van der Waals surface area contributed by atoms with Crippen molar-refractivity contribution in [2.24, 2.45) is 11.8 Å². The molecule has 1 rings (SSSR count). The van der Waals surface area contributed by atoms with Gasteiger partial charge in [-0.25, -0.2) is 0 Å². The average molecular weight is 296 g/mol. The Hall–Kier alpha value is 1.31. The number of halogens is 4. The zero-order valence-corrected chi connectivity index (χ0v) is 10.3. The fraction of sp³-hybridized carbons (Fsp3) is 1.00. The summed E-state index contributed by atoms with van der Waals surface area (Å²) in [4.78, 5) is 0. The highest BCUT2D eigenvalue weighted by Crippen LogP contribution is 2.38. The van der Waals surface area contributed by atoms with Crippen molar-refractivity contribution in [2.45, 2.75) is 10.2 Å². The van der Waals surface area contributed by atoms with E-state index in [1.807, 2.05) is 0 Å². The van der Waals surface area contributed by atoms with Crippen LogP contribution in [0.5, 0.6) is 0 Å². The Morgan fingerprint density at radius 2 is 1.83 bits per heavy atom. The van der Waals surface area contributed by atoms with Crippen LogP contribution in [0.25, 0.3) is 0 Å². The molecule has 1 heterocycles. The molecule has 0 bridgehead atoms. The number of alkyl halides is 4. The van der Waals surface area contributed by atoms with Crippen LogP contribution in [-0.2, 0) is 4.74 Å². The summed E-state index contributed by atoms with van der Waals surface area (Å²) in [6.45, 7) is 1.49. The van der Waals surface area contributed by atoms with Gasteiger partial charge in [0.05, 0.1) is 6.61 Å². The third-order valence-electron chi connectivity index (χ3n) is 2.02. The number of ether oxygens (including phenoxy) is 1. The summed E-state index contributed by atoms with van der Waals surface area (Å²) in [5.74, 6) is 0.859. The average Bonchev–Trinajstić information content (AvgIpc) is 2.31. The van der Waals surface area contributed by atoms with Crippen LogP contribution in [0.3, 0.4) is 0 Å². The van der Waals surface area contributed by atoms with Crippen molar-refractivity contribution in [1.29, 1.82) is 0 Å². The Morgan fingerprint density at radius 3 is 2.33 bits per heavy atom. The minimum Gasteiger partial charge on any atom is -0.381 e. The smallest absolute Gasteiger partial charge is 0.191 e. The molecule has 72 valence electrons. The van der Waals surface area contributed by atoms with Gasteiger partial charge in [-0.1, -0.05) is 50.7 Å². The van der Waals surface area contributed by atoms with Crippen LogP contribution < -0.4 is 0 Å². The van der Waals surface area contributed by atoms with Crippen LogP contribution in [0.2, 0.25) is 0 Å². The lowest BCUT2D eigenvalue weighted by Crippen LogP contribution is -2.19. The molecule has 0 aliphatic carbocycles. The van der Waals surface area contributed by atoms with E-state index in [4.69, 9.17) is 39.5 Å². The molecule has 5 heteroatoms. The lowest BCUT2D eigenvalue weighted by Gasteiger charge is -2.19. The number of rotatable bonds is 2. The van der Waals surface area contributed by atoms with Crippen molar-refractivity contribution < 1.29 is 4.74 Å². The van der Waals surface area contributed by atoms with E-state index in [-0.39, 0.29) is 0 Å². The van der Waals surface area contributed by atoms with Crippen LogP contribution in [0.15, 0.2) is 0 Å². The number of hydrogen-bond acceptors (Lipinski definition) is 1. The summed E-state index contributed by atoms with van der Waals surface area (Å²) in [7, 11) is 0. The Bertz CT molecular complexity index is 148. The summed E-state index contributed by atoms with van der Waals surface area (Å²) in [6.07, 6.45) is 0.577. The summed E-state index contributed by atoms with van der Waals surface area (Å²) in [5, 5.41) is 0.915. The van der Waals surface area contributed by atoms with Gasteiger partial charge < -0.3 is 4.74 Å². The van der Waals surface area contributed by atoms with Crippen LogP contribution in [0.1, 0.15) is 6.42 Å². The van der Waals surface area contributed by atoms with Gasteiger partial charge in [-0.15, -0.1) is 0 Å². The molecule has 0 aromatic carbocycles. The van der Waals surface area contributed by atoms with Crippen molar-refractivity contribution in [1.82, 2.24) is 0 Å². The summed E-state index contributed by atoms with van der Waals surface area (Å²) in [6, 6.07) is 0. The Labute approximate surface area is 95.8 Å². The molecule has 0 N–H and O–H groups in total. The van der Waals surface area contributed by atoms with Gasteiger partial charge in [-0.3, -0.25) is 0 Å². The SMILES string of the molecule is ClC(Cl)(Cl)C[C@H]1COC[C@H]1CBr. The monoisotopic (exact) mass is 294 g/mol. The molecule has 0 spiro atoms. The standard InChI is InChI=1S/C7H10BrCl3O/c8-2-6-4-12-3-5(6)1-7(9,10)11/h5-6H,1-4H2/t5-,6+/m0/s1. The van der Waals surface area contributed by atoms with Crippen molar-refractivity contribution in [3.63, 3.8) is 0 Å². The zero-order valence-electron chi connectivity index (χ0n) is 6.40. The van der Waals surface area contributed by atoms with E-state index in [0.717, 1.165) is 11.9 Å². The summed E-state index contributed by atoms with van der Waals surface area (Å²) < 4.78 is 4.16. The lowest BCUT2D eigenvalue weighted by atomic mass is 9.95. The lowest BCUT2D eigenvalue weighted by molar-refractivity contribution is 0.181. The maximum atomic E-state index is 5.70. The third kappa shape index (κ3) is 3.59. The van der Waals surface area contributed by atoms with E-state index in [1.54, 1.807) is 0 Å². The fourth-order valence-corrected chi connectivity index (χ4v) is 2.65. The van der Waals surface area contributed by atoms with Crippen LogP contribution in [0.4, 0.5) is 0 Å². The summed E-state index contributed by atoms with van der Waals surface area (Å²) in [5.41, 5.74) is 0. The van der Waals surface area contributed by atoms with Gasteiger partial charge in [0.1, 0.15) is 0 Å². The molecule has 1 saturated heterocycles. The van der Waals surface area contributed by atoms with Crippen molar-refractivity contribution >= 4 is 50.7 Å².